The van der Waals surface area contributed by atoms with Crippen LogP contribution in [0.3, 0.4) is 0 Å². The highest BCUT2D eigenvalue weighted by molar-refractivity contribution is 7.13. The summed E-state index contributed by atoms with van der Waals surface area (Å²) in [7, 11) is 0. The van der Waals surface area contributed by atoms with Crippen molar-refractivity contribution in [2.45, 2.75) is 13.5 Å². The molecule has 0 spiro atoms. The van der Waals surface area contributed by atoms with E-state index in [0.29, 0.717) is 11.8 Å². The highest BCUT2D eigenvalue weighted by Gasteiger charge is 2.21. The predicted molar refractivity (Wildman–Crippen MR) is 86.1 cm³/mol. The molecule has 1 fully saturated rings. The van der Waals surface area contributed by atoms with Gasteiger partial charge in [-0.25, -0.2) is 0 Å². The number of hydrogen-bond acceptors (Lipinski definition) is 7. The van der Waals surface area contributed by atoms with E-state index in [9.17, 15) is 0 Å². The molecule has 2 aromatic heterocycles. The van der Waals surface area contributed by atoms with Crippen LogP contribution in [0, 0.1) is 6.92 Å². The third-order valence-corrected chi connectivity index (χ3v) is 4.77. The van der Waals surface area contributed by atoms with Crippen LogP contribution in [-0.4, -0.2) is 45.6 Å². The van der Waals surface area contributed by atoms with Crippen LogP contribution >= 0.6 is 11.5 Å². The fourth-order valence-electron chi connectivity index (χ4n) is 2.81. The van der Waals surface area contributed by atoms with E-state index in [1.165, 1.54) is 10.1 Å². The molecule has 6 nitrogen and oxygen atoms in total. The van der Waals surface area contributed by atoms with Gasteiger partial charge in [-0.1, -0.05) is 12.1 Å². The Balaban J connectivity index is 1.43. The molecule has 0 unspecified atom stereocenters. The third kappa shape index (κ3) is 2.57. The van der Waals surface area contributed by atoms with Crippen molar-refractivity contribution in [1.82, 2.24) is 19.5 Å². The summed E-state index contributed by atoms with van der Waals surface area (Å²) in [6, 6.07) is 8.43. The van der Waals surface area contributed by atoms with Crippen molar-refractivity contribution in [3.8, 4) is 0 Å². The van der Waals surface area contributed by atoms with Gasteiger partial charge in [0.25, 0.3) is 0 Å². The summed E-state index contributed by atoms with van der Waals surface area (Å²) in [6.45, 7) is 6.45. The van der Waals surface area contributed by atoms with Crippen LogP contribution in [0.4, 0.5) is 5.82 Å². The largest absolute Gasteiger partial charge is 0.424 e. The number of rotatable bonds is 3. The zero-order chi connectivity index (χ0) is 14.9. The van der Waals surface area contributed by atoms with Crippen molar-refractivity contribution in [2.75, 3.05) is 31.1 Å². The Bertz CT molecular complexity index is 775. The Kier molecular flexibility index (Phi) is 3.51. The number of hydrogen-bond donors (Lipinski definition) is 0. The van der Waals surface area contributed by atoms with Gasteiger partial charge in [0.1, 0.15) is 5.82 Å². The number of aryl methyl sites for hydroxylation is 1. The van der Waals surface area contributed by atoms with Crippen LogP contribution in [0.15, 0.2) is 28.7 Å². The first-order valence-electron chi connectivity index (χ1n) is 7.40. The normalized spacial score (nSPS) is 16.5. The van der Waals surface area contributed by atoms with E-state index in [0.717, 1.165) is 38.5 Å². The Morgan fingerprint density at radius 1 is 1.14 bits per heavy atom. The monoisotopic (exact) mass is 315 g/mol. The molecule has 3 heterocycles. The van der Waals surface area contributed by atoms with Crippen LogP contribution in [0.25, 0.3) is 10.1 Å². The Labute approximate surface area is 132 Å². The highest BCUT2D eigenvalue weighted by Crippen LogP contribution is 2.29. The lowest BCUT2D eigenvalue weighted by Crippen LogP contribution is -2.46. The van der Waals surface area contributed by atoms with Gasteiger partial charge >= 0.3 is 0 Å². The van der Waals surface area contributed by atoms with E-state index in [4.69, 9.17) is 4.42 Å². The summed E-state index contributed by atoms with van der Waals surface area (Å²) in [5.74, 6) is 2.45. The van der Waals surface area contributed by atoms with Crippen molar-refractivity contribution in [3.05, 3.63) is 36.0 Å². The van der Waals surface area contributed by atoms with Gasteiger partial charge in [-0.05, 0) is 23.7 Å². The van der Waals surface area contributed by atoms with Gasteiger partial charge < -0.3 is 9.32 Å². The number of fused-ring (bicyclic) bond motifs is 1. The van der Waals surface area contributed by atoms with E-state index in [1.807, 2.05) is 6.92 Å². The van der Waals surface area contributed by atoms with E-state index < -0.39 is 0 Å². The molecule has 0 aliphatic carbocycles. The van der Waals surface area contributed by atoms with Crippen molar-refractivity contribution in [3.63, 3.8) is 0 Å². The number of benzene rings is 1. The molecule has 1 saturated heterocycles. The van der Waals surface area contributed by atoms with Crippen LogP contribution < -0.4 is 4.90 Å². The molecule has 1 aromatic carbocycles. The Morgan fingerprint density at radius 3 is 2.73 bits per heavy atom. The number of aromatic nitrogens is 3. The fraction of sp³-hybridized carbons (Fsp3) is 0.400. The lowest BCUT2D eigenvalue weighted by atomic mass is 10.2. The van der Waals surface area contributed by atoms with Gasteiger partial charge in [0.15, 0.2) is 0 Å². The zero-order valence-corrected chi connectivity index (χ0v) is 13.2. The molecule has 114 valence electrons. The molecule has 1 aliphatic heterocycles. The first kappa shape index (κ1) is 13.7. The molecule has 0 bridgehead atoms. The minimum Gasteiger partial charge on any atom is -0.424 e. The molecule has 0 N–H and O–H groups in total. The van der Waals surface area contributed by atoms with E-state index in [-0.39, 0.29) is 0 Å². The average molecular weight is 315 g/mol. The summed E-state index contributed by atoms with van der Waals surface area (Å²) in [4.78, 5) is 4.71. The number of piperazine rings is 1. The van der Waals surface area contributed by atoms with Gasteiger partial charge in [0.05, 0.1) is 11.2 Å². The molecular formula is C15H17N5OS. The van der Waals surface area contributed by atoms with Crippen LogP contribution in [0.1, 0.15) is 11.8 Å². The molecule has 3 aromatic rings. The standard InChI is InChI=1S/C15H17N5OS/c1-11-16-17-14(21-11)10-19-6-8-20(9-7-19)15-12-4-2-3-5-13(12)22-18-15/h2-5H,6-10H2,1H3. The van der Waals surface area contributed by atoms with Crippen molar-refractivity contribution < 1.29 is 4.42 Å². The topological polar surface area (TPSA) is 58.3 Å². The van der Waals surface area contributed by atoms with Crippen molar-refractivity contribution >= 4 is 27.4 Å². The van der Waals surface area contributed by atoms with Crippen LogP contribution in [-0.2, 0) is 6.54 Å². The van der Waals surface area contributed by atoms with E-state index >= 15 is 0 Å². The molecule has 0 atom stereocenters. The SMILES string of the molecule is Cc1nnc(CN2CCN(c3nsc4ccccc34)CC2)o1. The van der Waals surface area contributed by atoms with Gasteiger partial charge in [-0.2, -0.15) is 4.37 Å². The second-order valence-corrected chi connectivity index (χ2v) is 6.29. The van der Waals surface area contributed by atoms with Gasteiger partial charge in [-0.15, -0.1) is 10.2 Å². The highest BCUT2D eigenvalue weighted by atomic mass is 32.1. The molecular weight excluding hydrogens is 298 g/mol. The van der Waals surface area contributed by atoms with Gasteiger partial charge in [0, 0.05) is 38.5 Å². The van der Waals surface area contributed by atoms with Crippen LogP contribution in [0.5, 0.6) is 0 Å². The lowest BCUT2D eigenvalue weighted by Gasteiger charge is -2.34. The summed E-state index contributed by atoms with van der Waals surface area (Å²) in [6.07, 6.45) is 0. The second kappa shape index (κ2) is 5.66. The summed E-state index contributed by atoms with van der Waals surface area (Å²) in [5, 5.41) is 9.20. The quantitative estimate of drug-likeness (QED) is 0.739. The molecule has 7 heteroatoms. The van der Waals surface area contributed by atoms with E-state index in [2.05, 4.69) is 48.6 Å². The summed E-state index contributed by atoms with van der Waals surface area (Å²) in [5.41, 5.74) is 0. The maximum absolute atomic E-state index is 5.45. The molecule has 0 amide bonds. The lowest BCUT2D eigenvalue weighted by molar-refractivity contribution is 0.224. The number of anilines is 1. The zero-order valence-electron chi connectivity index (χ0n) is 12.4. The summed E-state index contributed by atoms with van der Waals surface area (Å²) >= 11 is 1.58. The molecule has 22 heavy (non-hydrogen) atoms. The van der Waals surface area contributed by atoms with Crippen molar-refractivity contribution in [2.24, 2.45) is 0 Å². The predicted octanol–water partition coefficient (Wildman–Crippen LogP) is 2.31. The molecule has 0 radical (unpaired) electrons. The smallest absolute Gasteiger partial charge is 0.230 e. The fourth-order valence-corrected chi connectivity index (χ4v) is 3.61. The minimum atomic E-state index is 0.627. The first-order valence-corrected chi connectivity index (χ1v) is 8.17. The van der Waals surface area contributed by atoms with Crippen LogP contribution in [0.2, 0.25) is 0 Å². The molecule has 4 rings (SSSR count). The average Bonchev–Trinajstić information content (AvgIpc) is 3.14. The Hall–Kier alpha value is -1.99. The second-order valence-electron chi connectivity index (χ2n) is 5.48. The van der Waals surface area contributed by atoms with Gasteiger partial charge in [0.2, 0.25) is 11.8 Å². The third-order valence-electron chi connectivity index (χ3n) is 3.96. The Morgan fingerprint density at radius 2 is 1.95 bits per heavy atom. The number of nitrogens with zero attached hydrogens (tertiary/aromatic N) is 5. The molecule has 0 saturated carbocycles. The van der Waals surface area contributed by atoms with E-state index in [1.54, 1.807) is 11.5 Å². The first-order chi connectivity index (χ1) is 10.8. The summed E-state index contributed by atoms with van der Waals surface area (Å²) < 4.78 is 11.3. The minimum absolute atomic E-state index is 0.627. The van der Waals surface area contributed by atoms with Gasteiger partial charge in [-0.3, -0.25) is 4.90 Å². The molecule has 1 aliphatic rings. The van der Waals surface area contributed by atoms with Crippen molar-refractivity contribution in [1.29, 1.82) is 0 Å². The maximum atomic E-state index is 5.45. The maximum Gasteiger partial charge on any atom is 0.230 e.